The first-order valence-electron chi connectivity index (χ1n) is 6.30. The highest BCUT2D eigenvalue weighted by Crippen LogP contribution is 2.29. The molecule has 0 bridgehead atoms. The number of carbonyl (C=O) groups is 1. The standard InChI is InChI=1S/C13H19N3O2/c1-3-18-13(17)10-4-6-15-12(11(10)14)16-7-5-9(2)8-16/h4,6,9H,3,5,7-8,14H2,1-2H3. The number of rotatable bonds is 3. The Labute approximate surface area is 107 Å². The predicted molar refractivity (Wildman–Crippen MR) is 70.6 cm³/mol. The molecule has 98 valence electrons. The largest absolute Gasteiger partial charge is 0.462 e. The van der Waals surface area contributed by atoms with Crippen LogP contribution in [0.15, 0.2) is 12.3 Å². The number of nitrogens with zero attached hydrogens (tertiary/aromatic N) is 2. The van der Waals surface area contributed by atoms with Gasteiger partial charge in [0.1, 0.15) is 0 Å². The van der Waals surface area contributed by atoms with Gasteiger partial charge in [0.15, 0.2) is 5.82 Å². The number of hydrogen-bond acceptors (Lipinski definition) is 5. The molecule has 1 aromatic heterocycles. The highest BCUT2D eigenvalue weighted by molar-refractivity contribution is 5.97. The van der Waals surface area contributed by atoms with Gasteiger partial charge < -0.3 is 15.4 Å². The minimum atomic E-state index is -0.383. The Bertz CT molecular complexity index is 448. The molecule has 5 nitrogen and oxygen atoms in total. The molecule has 1 aromatic rings. The van der Waals surface area contributed by atoms with Crippen LogP contribution in [0.1, 0.15) is 30.6 Å². The lowest BCUT2D eigenvalue weighted by molar-refractivity contribution is 0.0527. The Kier molecular flexibility index (Phi) is 3.69. The second kappa shape index (κ2) is 5.25. The van der Waals surface area contributed by atoms with E-state index in [4.69, 9.17) is 10.5 Å². The second-order valence-corrected chi connectivity index (χ2v) is 4.66. The van der Waals surface area contributed by atoms with Crippen LogP contribution in [0.3, 0.4) is 0 Å². The normalized spacial score (nSPS) is 19.0. The van der Waals surface area contributed by atoms with Crippen molar-refractivity contribution in [2.75, 3.05) is 30.3 Å². The van der Waals surface area contributed by atoms with Crippen molar-refractivity contribution in [3.05, 3.63) is 17.8 Å². The van der Waals surface area contributed by atoms with Crippen LogP contribution in [0.4, 0.5) is 11.5 Å². The molecule has 2 rings (SSSR count). The number of aromatic nitrogens is 1. The van der Waals surface area contributed by atoms with Crippen molar-refractivity contribution < 1.29 is 9.53 Å². The van der Waals surface area contributed by atoms with Crippen molar-refractivity contribution in [2.24, 2.45) is 5.92 Å². The van der Waals surface area contributed by atoms with E-state index in [9.17, 15) is 4.79 Å². The molecule has 0 spiro atoms. The third-order valence-corrected chi connectivity index (χ3v) is 3.19. The van der Waals surface area contributed by atoms with Gasteiger partial charge in [-0.3, -0.25) is 0 Å². The number of anilines is 2. The highest BCUT2D eigenvalue weighted by atomic mass is 16.5. The summed E-state index contributed by atoms with van der Waals surface area (Å²) in [6.07, 6.45) is 2.74. The van der Waals surface area contributed by atoms with Crippen LogP contribution in [0.5, 0.6) is 0 Å². The molecule has 0 aliphatic carbocycles. The number of pyridine rings is 1. The Balaban J connectivity index is 2.27. The molecule has 18 heavy (non-hydrogen) atoms. The smallest absolute Gasteiger partial charge is 0.340 e. The summed E-state index contributed by atoms with van der Waals surface area (Å²) in [5.41, 5.74) is 6.86. The average Bonchev–Trinajstić information content (AvgIpc) is 2.76. The predicted octanol–water partition coefficient (Wildman–Crippen LogP) is 1.69. The zero-order chi connectivity index (χ0) is 13.1. The summed E-state index contributed by atoms with van der Waals surface area (Å²) in [5, 5.41) is 0. The maximum Gasteiger partial charge on any atom is 0.340 e. The fraction of sp³-hybridized carbons (Fsp3) is 0.538. The zero-order valence-corrected chi connectivity index (χ0v) is 10.8. The lowest BCUT2D eigenvalue weighted by atomic mass is 10.2. The topological polar surface area (TPSA) is 68.5 Å². The fourth-order valence-corrected chi connectivity index (χ4v) is 2.23. The lowest BCUT2D eigenvalue weighted by Gasteiger charge is -2.19. The number of nitrogen functional groups attached to an aromatic ring is 1. The lowest BCUT2D eigenvalue weighted by Crippen LogP contribution is -2.23. The van der Waals surface area contributed by atoms with Crippen molar-refractivity contribution in [3.63, 3.8) is 0 Å². The van der Waals surface area contributed by atoms with E-state index in [1.807, 2.05) is 0 Å². The Morgan fingerprint density at radius 2 is 2.44 bits per heavy atom. The van der Waals surface area contributed by atoms with Gasteiger partial charge in [0, 0.05) is 19.3 Å². The first-order chi connectivity index (χ1) is 8.63. The molecule has 2 N–H and O–H groups in total. The molecule has 1 atom stereocenters. The fourth-order valence-electron chi connectivity index (χ4n) is 2.23. The molecular weight excluding hydrogens is 230 g/mol. The van der Waals surface area contributed by atoms with E-state index in [1.165, 1.54) is 0 Å². The molecular formula is C13H19N3O2. The van der Waals surface area contributed by atoms with Crippen molar-refractivity contribution in [1.82, 2.24) is 4.98 Å². The third-order valence-electron chi connectivity index (χ3n) is 3.19. The molecule has 0 amide bonds. The van der Waals surface area contributed by atoms with Gasteiger partial charge in [-0.15, -0.1) is 0 Å². The molecule has 1 unspecified atom stereocenters. The molecule has 5 heteroatoms. The SMILES string of the molecule is CCOC(=O)c1ccnc(N2CCC(C)C2)c1N. The van der Waals surface area contributed by atoms with E-state index in [1.54, 1.807) is 19.2 Å². The van der Waals surface area contributed by atoms with Gasteiger partial charge >= 0.3 is 5.97 Å². The summed E-state index contributed by atoms with van der Waals surface area (Å²) < 4.78 is 4.98. The Hall–Kier alpha value is -1.78. The van der Waals surface area contributed by atoms with E-state index in [2.05, 4.69) is 16.8 Å². The van der Waals surface area contributed by atoms with Crippen molar-refractivity contribution in [1.29, 1.82) is 0 Å². The van der Waals surface area contributed by atoms with Crippen LogP contribution in [-0.2, 0) is 4.74 Å². The van der Waals surface area contributed by atoms with Crippen molar-refractivity contribution in [3.8, 4) is 0 Å². The van der Waals surface area contributed by atoms with Gasteiger partial charge in [-0.2, -0.15) is 0 Å². The first kappa shape index (κ1) is 12.7. The molecule has 1 saturated heterocycles. The van der Waals surface area contributed by atoms with Crippen molar-refractivity contribution in [2.45, 2.75) is 20.3 Å². The first-order valence-corrected chi connectivity index (χ1v) is 6.30. The molecule has 1 aliphatic rings. The van der Waals surface area contributed by atoms with Crippen LogP contribution < -0.4 is 10.6 Å². The molecule has 2 heterocycles. The summed E-state index contributed by atoms with van der Waals surface area (Å²) in [5.74, 6) is 0.952. The number of hydrogen-bond donors (Lipinski definition) is 1. The summed E-state index contributed by atoms with van der Waals surface area (Å²) in [4.78, 5) is 18.2. The minimum Gasteiger partial charge on any atom is -0.462 e. The molecule has 1 aliphatic heterocycles. The van der Waals surface area contributed by atoms with Gasteiger partial charge in [0.2, 0.25) is 0 Å². The van der Waals surface area contributed by atoms with E-state index in [0.717, 1.165) is 19.5 Å². The zero-order valence-electron chi connectivity index (χ0n) is 10.8. The molecule has 1 fully saturated rings. The van der Waals surface area contributed by atoms with Crippen LogP contribution in [0, 0.1) is 5.92 Å². The summed E-state index contributed by atoms with van der Waals surface area (Å²) in [7, 11) is 0. The maximum absolute atomic E-state index is 11.7. The van der Waals surface area contributed by atoms with Crippen LogP contribution >= 0.6 is 0 Å². The summed E-state index contributed by atoms with van der Waals surface area (Å²) in [6.45, 7) is 6.19. The van der Waals surface area contributed by atoms with E-state index in [0.29, 0.717) is 29.6 Å². The summed E-state index contributed by atoms with van der Waals surface area (Å²) in [6, 6.07) is 1.61. The monoisotopic (exact) mass is 249 g/mol. The number of ether oxygens (including phenoxy) is 1. The van der Waals surface area contributed by atoms with Gasteiger partial charge in [-0.25, -0.2) is 9.78 Å². The van der Waals surface area contributed by atoms with Crippen LogP contribution in [0.2, 0.25) is 0 Å². The van der Waals surface area contributed by atoms with Gasteiger partial charge in [-0.05, 0) is 25.3 Å². The number of esters is 1. The van der Waals surface area contributed by atoms with Gasteiger partial charge in [0.25, 0.3) is 0 Å². The van der Waals surface area contributed by atoms with E-state index in [-0.39, 0.29) is 5.97 Å². The van der Waals surface area contributed by atoms with Crippen LogP contribution in [0.25, 0.3) is 0 Å². The Morgan fingerprint density at radius 3 is 3.06 bits per heavy atom. The number of nitrogens with two attached hydrogens (primary N) is 1. The van der Waals surface area contributed by atoms with E-state index >= 15 is 0 Å². The molecule has 0 radical (unpaired) electrons. The maximum atomic E-state index is 11.7. The molecule has 0 aromatic carbocycles. The number of carbonyl (C=O) groups excluding carboxylic acids is 1. The van der Waals surface area contributed by atoms with Crippen LogP contribution in [-0.4, -0.2) is 30.6 Å². The summed E-state index contributed by atoms with van der Waals surface area (Å²) >= 11 is 0. The van der Waals surface area contributed by atoms with Gasteiger partial charge in [-0.1, -0.05) is 6.92 Å². The molecule has 0 saturated carbocycles. The van der Waals surface area contributed by atoms with Gasteiger partial charge in [0.05, 0.1) is 17.9 Å². The Morgan fingerprint density at radius 1 is 1.67 bits per heavy atom. The minimum absolute atomic E-state index is 0.344. The quantitative estimate of drug-likeness (QED) is 0.825. The average molecular weight is 249 g/mol. The van der Waals surface area contributed by atoms with Crippen molar-refractivity contribution >= 4 is 17.5 Å². The third kappa shape index (κ3) is 2.39. The van der Waals surface area contributed by atoms with E-state index < -0.39 is 0 Å². The second-order valence-electron chi connectivity index (χ2n) is 4.66. The highest BCUT2D eigenvalue weighted by Gasteiger charge is 2.24.